The van der Waals surface area contributed by atoms with Gasteiger partial charge < -0.3 is 15.0 Å². The molecule has 110 valence electrons. The van der Waals surface area contributed by atoms with Crippen molar-refractivity contribution in [1.82, 2.24) is 9.55 Å². The van der Waals surface area contributed by atoms with E-state index in [2.05, 4.69) is 10.3 Å². The highest BCUT2D eigenvalue weighted by molar-refractivity contribution is 5.92. The van der Waals surface area contributed by atoms with Gasteiger partial charge >= 0.3 is 0 Å². The number of rotatable bonds is 3. The Bertz CT molecular complexity index is 902. The lowest BCUT2D eigenvalue weighted by Gasteiger charge is -2.11. The van der Waals surface area contributed by atoms with Crippen LogP contribution in [0.15, 0.2) is 59.7 Å². The number of benzene rings is 1. The first kappa shape index (κ1) is 13.8. The number of para-hydroxylation sites is 1. The van der Waals surface area contributed by atoms with Crippen molar-refractivity contribution in [2.75, 3.05) is 5.32 Å². The fraction of sp³-hybridized carbons (Fsp3) is 0.0625. The molecule has 0 saturated heterocycles. The van der Waals surface area contributed by atoms with Crippen LogP contribution in [-0.4, -0.2) is 20.6 Å². The highest BCUT2D eigenvalue weighted by atomic mass is 16.3. The minimum absolute atomic E-state index is 0.0107. The standard InChI is InChI=1S/C16H13N3O3/c20-13-7-9-19(12-5-2-1-4-11(12)13)10-15(22)18-16-14(21)6-3-8-17-16/h1-9,21H,10H2,(H,17,18,22). The van der Waals surface area contributed by atoms with Crippen LogP contribution < -0.4 is 10.7 Å². The third-order valence-corrected chi connectivity index (χ3v) is 3.24. The lowest BCUT2D eigenvalue weighted by molar-refractivity contribution is -0.116. The minimum Gasteiger partial charge on any atom is -0.504 e. The molecule has 0 fully saturated rings. The monoisotopic (exact) mass is 295 g/mol. The van der Waals surface area contributed by atoms with Gasteiger partial charge in [-0.05, 0) is 24.3 Å². The number of aromatic hydroxyl groups is 1. The molecule has 1 amide bonds. The van der Waals surface area contributed by atoms with Gasteiger partial charge in [-0.3, -0.25) is 9.59 Å². The summed E-state index contributed by atoms with van der Waals surface area (Å²) in [6, 6.07) is 11.5. The predicted octanol–water partition coefficient (Wildman–Crippen LogP) is 1.74. The number of hydrogen-bond acceptors (Lipinski definition) is 4. The average Bonchev–Trinajstić information content (AvgIpc) is 2.53. The van der Waals surface area contributed by atoms with E-state index >= 15 is 0 Å². The summed E-state index contributed by atoms with van der Waals surface area (Å²) in [5.41, 5.74) is 0.588. The molecular weight excluding hydrogens is 282 g/mol. The molecule has 0 unspecified atom stereocenters. The third-order valence-electron chi connectivity index (χ3n) is 3.24. The summed E-state index contributed by atoms with van der Waals surface area (Å²) in [7, 11) is 0. The van der Waals surface area contributed by atoms with Crippen molar-refractivity contribution in [2.45, 2.75) is 6.54 Å². The molecule has 0 bridgehead atoms. The highest BCUT2D eigenvalue weighted by Crippen LogP contribution is 2.18. The van der Waals surface area contributed by atoms with Gasteiger partial charge in [0, 0.05) is 23.8 Å². The molecule has 22 heavy (non-hydrogen) atoms. The quantitative estimate of drug-likeness (QED) is 0.771. The fourth-order valence-corrected chi connectivity index (χ4v) is 2.22. The van der Waals surface area contributed by atoms with Crippen molar-refractivity contribution in [3.63, 3.8) is 0 Å². The molecule has 3 rings (SSSR count). The molecule has 2 N–H and O–H groups in total. The van der Waals surface area contributed by atoms with E-state index in [0.717, 1.165) is 0 Å². The van der Waals surface area contributed by atoms with E-state index < -0.39 is 0 Å². The average molecular weight is 295 g/mol. The van der Waals surface area contributed by atoms with Gasteiger partial charge in [-0.15, -0.1) is 0 Å². The largest absolute Gasteiger partial charge is 0.504 e. The van der Waals surface area contributed by atoms with Crippen LogP contribution in [0.2, 0.25) is 0 Å². The lowest BCUT2D eigenvalue weighted by Crippen LogP contribution is -2.20. The second-order valence-corrected chi connectivity index (χ2v) is 4.74. The summed E-state index contributed by atoms with van der Waals surface area (Å²) in [6.45, 7) is 0.0107. The van der Waals surface area contributed by atoms with E-state index in [1.54, 1.807) is 41.1 Å². The fourth-order valence-electron chi connectivity index (χ4n) is 2.22. The first-order valence-corrected chi connectivity index (χ1v) is 6.67. The normalized spacial score (nSPS) is 10.5. The molecule has 0 spiro atoms. The van der Waals surface area contributed by atoms with Gasteiger partial charge in [-0.2, -0.15) is 0 Å². The number of hydrogen-bond donors (Lipinski definition) is 2. The smallest absolute Gasteiger partial charge is 0.245 e. The molecule has 0 aliphatic rings. The van der Waals surface area contributed by atoms with Crippen LogP contribution in [-0.2, 0) is 11.3 Å². The summed E-state index contributed by atoms with van der Waals surface area (Å²) in [6.07, 6.45) is 3.05. The van der Waals surface area contributed by atoms with Crippen LogP contribution in [0.3, 0.4) is 0 Å². The van der Waals surface area contributed by atoms with Crippen molar-refractivity contribution in [2.24, 2.45) is 0 Å². The second kappa shape index (κ2) is 5.69. The predicted molar refractivity (Wildman–Crippen MR) is 82.7 cm³/mol. The molecular formula is C16H13N3O3. The van der Waals surface area contributed by atoms with Crippen LogP contribution in [0.4, 0.5) is 5.82 Å². The van der Waals surface area contributed by atoms with Crippen molar-refractivity contribution in [3.8, 4) is 5.75 Å². The molecule has 2 heterocycles. The second-order valence-electron chi connectivity index (χ2n) is 4.74. The summed E-state index contributed by atoms with van der Waals surface area (Å²) in [5, 5.41) is 12.7. The number of aromatic nitrogens is 2. The number of amides is 1. The Morgan fingerprint density at radius 2 is 2.00 bits per heavy atom. The Kier molecular flexibility index (Phi) is 3.57. The molecule has 6 nitrogen and oxygen atoms in total. The molecule has 0 aliphatic heterocycles. The van der Waals surface area contributed by atoms with Gasteiger partial charge in [0.25, 0.3) is 0 Å². The van der Waals surface area contributed by atoms with E-state index in [-0.39, 0.29) is 29.4 Å². The number of fused-ring (bicyclic) bond motifs is 1. The maximum absolute atomic E-state index is 12.1. The zero-order valence-corrected chi connectivity index (χ0v) is 11.6. The molecule has 1 aromatic carbocycles. The Labute approximate surface area is 125 Å². The summed E-state index contributed by atoms with van der Waals surface area (Å²) < 4.78 is 1.67. The van der Waals surface area contributed by atoms with E-state index in [1.807, 2.05) is 0 Å². The van der Waals surface area contributed by atoms with Gasteiger partial charge in [-0.25, -0.2) is 4.98 Å². The number of anilines is 1. The minimum atomic E-state index is -0.345. The van der Waals surface area contributed by atoms with Gasteiger partial charge in [0.2, 0.25) is 5.91 Å². The number of carbonyl (C=O) groups excluding carboxylic acids is 1. The van der Waals surface area contributed by atoms with E-state index in [4.69, 9.17) is 0 Å². The Morgan fingerprint density at radius 1 is 1.18 bits per heavy atom. The maximum atomic E-state index is 12.1. The van der Waals surface area contributed by atoms with Crippen LogP contribution in [0.25, 0.3) is 10.9 Å². The Balaban J connectivity index is 1.88. The van der Waals surface area contributed by atoms with Gasteiger partial charge in [-0.1, -0.05) is 12.1 Å². The van der Waals surface area contributed by atoms with Crippen molar-refractivity contribution in [3.05, 3.63) is 65.1 Å². The van der Waals surface area contributed by atoms with Crippen molar-refractivity contribution >= 4 is 22.6 Å². The Morgan fingerprint density at radius 3 is 2.82 bits per heavy atom. The Hall–Kier alpha value is -3.15. The molecule has 0 atom stereocenters. The van der Waals surface area contributed by atoms with Crippen LogP contribution >= 0.6 is 0 Å². The summed E-state index contributed by atoms with van der Waals surface area (Å²) in [5.74, 6) is -0.332. The van der Waals surface area contributed by atoms with E-state index in [9.17, 15) is 14.7 Å². The zero-order valence-electron chi connectivity index (χ0n) is 11.6. The van der Waals surface area contributed by atoms with Crippen LogP contribution in [0.1, 0.15) is 0 Å². The lowest BCUT2D eigenvalue weighted by atomic mass is 10.2. The van der Waals surface area contributed by atoms with Gasteiger partial charge in [0.05, 0.1) is 5.52 Å². The number of nitrogens with one attached hydrogen (secondary N) is 1. The third kappa shape index (κ3) is 2.67. The molecule has 6 heteroatoms. The number of carbonyl (C=O) groups is 1. The molecule has 3 aromatic rings. The van der Waals surface area contributed by atoms with Crippen molar-refractivity contribution < 1.29 is 9.90 Å². The van der Waals surface area contributed by atoms with Gasteiger partial charge in [0.1, 0.15) is 6.54 Å². The van der Waals surface area contributed by atoms with E-state index in [0.29, 0.717) is 10.9 Å². The SMILES string of the molecule is O=C(Cn1ccc(=O)c2ccccc21)Nc1ncccc1O. The maximum Gasteiger partial charge on any atom is 0.245 e. The molecule has 0 radical (unpaired) electrons. The highest BCUT2D eigenvalue weighted by Gasteiger charge is 2.09. The topological polar surface area (TPSA) is 84.2 Å². The van der Waals surface area contributed by atoms with Gasteiger partial charge in [0.15, 0.2) is 17.0 Å². The van der Waals surface area contributed by atoms with E-state index in [1.165, 1.54) is 18.3 Å². The van der Waals surface area contributed by atoms with Crippen LogP contribution in [0, 0.1) is 0 Å². The summed E-state index contributed by atoms with van der Waals surface area (Å²) in [4.78, 5) is 27.8. The first-order chi connectivity index (χ1) is 10.6. The molecule has 0 aliphatic carbocycles. The molecule has 0 saturated carbocycles. The van der Waals surface area contributed by atoms with Crippen LogP contribution in [0.5, 0.6) is 5.75 Å². The van der Waals surface area contributed by atoms with Crippen molar-refractivity contribution in [1.29, 1.82) is 0 Å². The number of nitrogens with zero attached hydrogens (tertiary/aromatic N) is 2. The summed E-state index contributed by atoms with van der Waals surface area (Å²) >= 11 is 0. The zero-order chi connectivity index (χ0) is 15.5. The number of pyridine rings is 2. The molecule has 2 aromatic heterocycles. The first-order valence-electron chi connectivity index (χ1n) is 6.67.